The Morgan fingerprint density at radius 2 is 1.45 bits per heavy atom. The average Bonchev–Trinajstić information content (AvgIpc) is 3.09. The summed E-state index contributed by atoms with van der Waals surface area (Å²) in [6.45, 7) is 5.84. The number of nitrogens with zero attached hydrogens (tertiary/aromatic N) is 5. The van der Waals surface area contributed by atoms with E-state index in [0.29, 0.717) is 37.7 Å². The van der Waals surface area contributed by atoms with Gasteiger partial charge in [0.1, 0.15) is 0 Å². The summed E-state index contributed by atoms with van der Waals surface area (Å²) in [4.78, 5) is 38.0. The van der Waals surface area contributed by atoms with Gasteiger partial charge in [0, 0.05) is 58.6 Å². The van der Waals surface area contributed by atoms with E-state index in [4.69, 9.17) is 0 Å². The molecule has 3 heterocycles. The Bertz CT molecular complexity index is 546. The van der Waals surface area contributed by atoms with Gasteiger partial charge in [-0.2, -0.15) is 0 Å². The van der Waals surface area contributed by atoms with Gasteiger partial charge in [-0.25, -0.2) is 9.97 Å². The van der Waals surface area contributed by atoms with E-state index in [-0.39, 0.29) is 11.8 Å². The van der Waals surface area contributed by atoms with Crippen molar-refractivity contribution in [2.45, 2.75) is 19.8 Å². The molecular weight excluding hydrogens is 282 g/mol. The molecule has 7 nitrogen and oxygen atoms in total. The Hall–Kier alpha value is -2.18. The molecule has 1 aromatic heterocycles. The molecule has 2 saturated heterocycles. The molecule has 22 heavy (non-hydrogen) atoms. The van der Waals surface area contributed by atoms with Crippen molar-refractivity contribution in [1.82, 2.24) is 19.8 Å². The monoisotopic (exact) mass is 303 g/mol. The lowest BCUT2D eigenvalue weighted by Crippen LogP contribution is -2.50. The number of amides is 2. The van der Waals surface area contributed by atoms with Gasteiger partial charge in [-0.15, -0.1) is 0 Å². The maximum atomic E-state index is 12.4. The van der Waals surface area contributed by atoms with Crippen LogP contribution in [0.4, 0.5) is 5.95 Å². The largest absolute Gasteiger partial charge is 0.341 e. The third-order valence-electron chi connectivity index (χ3n) is 4.29. The van der Waals surface area contributed by atoms with Crippen LogP contribution in [-0.2, 0) is 4.79 Å². The quantitative estimate of drug-likeness (QED) is 0.790. The number of carbonyl (C=O) groups is 2. The highest BCUT2D eigenvalue weighted by Gasteiger charge is 2.24. The fourth-order valence-corrected chi connectivity index (χ4v) is 2.92. The Morgan fingerprint density at radius 1 is 0.909 bits per heavy atom. The van der Waals surface area contributed by atoms with Crippen LogP contribution in [0.1, 0.15) is 30.1 Å². The SMILES string of the molecule is CC(=O)N1CCN(C(=O)c2cnc(N3CCCC3)nc2)CC1. The van der Waals surface area contributed by atoms with Gasteiger partial charge in [0.05, 0.1) is 5.56 Å². The summed E-state index contributed by atoms with van der Waals surface area (Å²) in [7, 11) is 0. The van der Waals surface area contributed by atoms with Crippen molar-refractivity contribution in [3.63, 3.8) is 0 Å². The van der Waals surface area contributed by atoms with Gasteiger partial charge in [0.2, 0.25) is 11.9 Å². The number of aromatic nitrogens is 2. The number of piperazine rings is 1. The topological polar surface area (TPSA) is 69.6 Å². The summed E-state index contributed by atoms with van der Waals surface area (Å²) in [5.74, 6) is 0.706. The first-order valence-corrected chi connectivity index (χ1v) is 7.77. The molecule has 3 rings (SSSR count). The van der Waals surface area contributed by atoms with E-state index in [1.54, 1.807) is 29.1 Å². The van der Waals surface area contributed by atoms with Crippen molar-refractivity contribution in [3.8, 4) is 0 Å². The molecular formula is C15H21N5O2. The van der Waals surface area contributed by atoms with Gasteiger partial charge in [-0.3, -0.25) is 9.59 Å². The molecule has 0 radical (unpaired) electrons. The van der Waals surface area contributed by atoms with Crippen LogP contribution in [0.2, 0.25) is 0 Å². The smallest absolute Gasteiger partial charge is 0.257 e. The molecule has 0 N–H and O–H groups in total. The molecule has 2 aliphatic rings. The predicted molar refractivity (Wildman–Crippen MR) is 81.6 cm³/mol. The molecule has 0 bridgehead atoms. The van der Waals surface area contributed by atoms with Crippen molar-refractivity contribution in [2.75, 3.05) is 44.2 Å². The van der Waals surface area contributed by atoms with E-state index in [1.807, 2.05) is 0 Å². The minimum atomic E-state index is -0.0591. The van der Waals surface area contributed by atoms with E-state index < -0.39 is 0 Å². The van der Waals surface area contributed by atoms with E-state index in [9.17, 15) is 9.59 Å². The maximum Gasteiger partial charge on any atom is 0.257 e. The highest BCUT2D eigenvalue weighted by molar-refractivity contribution is 5.93. The third kappa shape index (κ3) is 3.03. The molecule has 2 fully saturated rings. The minimum Gasteiger partial charge on any atom is -0.341 e. The van der Waals surface area contributed by atoms with Crippen LogP contribution in [-0.4, -0.2) is 70.9 Å². The van der Waals surface area contributed by atoms with Crippen LogP contribution in [0.15, 0.2) is 12.4 Å². The Balaban J connectivity index is 1.61. The zero-order valence-electron chi connectivity index (χ0n) is 12.9. The summed E-state index contributed by atoms with van der Waals surface area (Å²) in [5.41, 5.74) is 0.513. The van der Waals surface area contributed by atoms with E-state index >= 15 is 0 Å². The van der Waals surface area contributed by atoms with E-state index in [1.165, 1.54) is 12.8 Å². The van der Waals surface area contributed by atoms with Gasteiger partial charge in [0.15, 0.2) is 0 Å². The molecule has 2 amide bonds. The van der Waals surface area contributed by atoms with Crippen molar-refractivity contribution < 1.29 is 9.59 Å². The fraction of sp³-hybridized carbons (Fsp3) is 0.600. The lowest BCUT2D eigenvalue weighted by Gasteiger charge is -2.34. The summed E-state index contributed by atoms with van der Waals surface area (Å²) >= 11 is 0. The lowest BCUT2D eigenvalue weighted by atomic mass is 10.2. The summed E-state index contributed by atoms with van der Waals surface area (Å²) in [6, 6.07) is 0. The molecule has 0 spiro atoms. The van der Waals surface area contributed by atoms with Gasteiger partial charge in [0.25, 0.3) is 5.91 Å². The number of carbonyl (C=O) groups excluding carboxylic acids is 2. The highest BCUT2D eigenvalue weighted by atomic mass is 16.2. The van der Waals surface area contributed by atoms with Crippen LogP contribution in [0.3, 0.4) is 0 Å². The second-order valence-corrected chi connectivity index (χ2v) is 5.76. The molecule has 0 aliphatic carbocycles. The van der Waals surface area contributed by atoms with Gasteiger partial charge >= 0.3 is 0 Å². The molecule has 2 aliphatic heterocycles. The second kappa shape index (κ2) is 6.29. The number of anilines is 1. The average molecular weight is 303 g/mol. The van der Waals surface area contributed by atoms with Gasteiger partial charge in [-0.05, 0) is 12.8 Å². The van der Waals surface area contributed by atoms with Crippen LogP contribution >= 0.6 is 0 Å². The molecule has 1 aromatic rings. The normalized spacial score (nSPS) is 18.7. The predicted octanol–water partition coefficient (Wildman–Crippen LogP) is 0.381. The molecule has 0 saturated carbocycles. The molecule has 0 aromatic carbocycles. The number of hydrogen-bond donors (Lipinski definition) is 0. The lowest BCUT2D eigenvalue weighted by molar-refractivity contribution is -0.130. The Morgan fingerprint density at radius 3 is 2.00 bits per heavy atom. The summed E-state index contributed by atoms with van der Waals surface area (Å²) in [6.07, 6.45) is 5.57. The molecule has 7 heteroatoms. The van der Waals surface area contributed by atoms with E-state index in [2.05, 4.69) is 14.9 Å². The second-order valence-electron chi connectivity index (χ2n) is 5.76. The Labute approximate surface area is 129 Å². The van der Waals surface area contributed by atoms with Crippen LogP contribution in [0, 0.1) is 0 Å². The Kier molecular flexibility index (Phi) is 4.22. The van der Waals surface area contributed by atoms with Crippen molar-refractivity contribution >= 4 is 17.8 Å². The molecule has 0 atom stereocenters. The van der Waals surface area contributed by atoms with Crippen LogP contribution < -0.4 is 4.90 Å². The zero-order chi connectivity index (χ0) is 15.5. The first-order chi connectivity index (χ1) is 10.6. The van der Waals surface area contributed by atoms with Crippen molar-refractivity contribution in [3.05, 3.63) is 18.0 Å². The summed E-state index contributed by atoms with van der Waals surface area (Å²) < 4.78 is 0. The van der Waals surface area contributed by atoms with Crippen molar-refractivity contribution in [1.29, 1.82) is 0 Å². The van der Waals surface area contributed by atoms with Crippen LogP contribution in [0.5, 0.6) is 0 Å². The molecule has 118 valence electrons. The van der Waals surface area contributed by atoms with E-state index in [0.717, 1.165) is 13.1 Å². The van der Waals surface area contributed by atoms with Crippen molar-refractivity contribution in [2.24, 2.45) is 0 Å². The fourth-order valence-electron chi connectivity index (χ4n) is 2.92. The first kappa shape index (κ1) is 14.7. The summed E-state index contributed by atoms with van der Waals surface area (Å²) in [5, 5.41) is 0. The standard InChI is InChI=1S/C15H21N5O2/c1-12(21)18-6-8-19(9-7-18)14(22)13-10-16-15(17-11-13)20-4-2-3-5-20/h10-11H,2-9H2,1H3. The minimum absolute atomic E-state index is 0.0591. The third-order valence-corrected chi connectivity index (χ3v) is 4.29. The highest BCUT2D eigenvalue weighted by Crippen LogP contribution is 2.15. The maximum absolute atomic E-state index is 12.4. The first-order valence-electron chi connectivity index (χ1n) is 7.77. The number of hydrogen-bond acceptors (Lipinski definition) is 5. The number of rotatable bonds is 2. The zero-order valence-corrected chi connectivity index (χ0v) is 12.9. The van der Waals surface area contributed by atoms with Crippen LogP contribution in [0.25, 0.3) is 0 Å². The molecule has 0 unspecified atom stereocenters. The van der Waals surface area contributed by atoms with Gasteiger partial charge < -0.3 is 14.7 Å². The van der Waals surface area contributed by atoms with Gasteiger partial charge in [-0.1, -0.05) is 0 Å².